The zero-order chi connectivity index (χ0) is 22.8. The van der Waals surface area contributed by atoms with Crippen LogP contribution in [0.3, 0.4) is 0 Å². The molecule has 0 atom stereocenters. The number of benzene rings is 2. The Labute approximate surface area is 186 Å². The monoisotopic (exact) mass is 470 g/mol. The van der Waals surface area contributed by atoms with Crippen molar-refractivity contribution in [2.24, 2.45) is 5.92 Å². The number of nitrogens with one attached hydrogen (secondary N) is 1. The Bertz CT molecular complexity index is 1050. The summed E-state index contributed by atoms with van der Waals surface area (Å²) in [7, 11) is -0.799. The summed E-state index contributed by atoms with van der Waals surface area (Å²) in [5.41, 5.74) is -0.154. The van der Waals surface area contributed by atoms with E-state index in [-0.39, 0.29) is 35.2 Å². The molecule has 1 saturated carbocycles. The minimum Gasteiger partial charge on any atom is -0.338 e. The molecule has 9 heteroatoms. The van der Waals surface area contributed by atoms with Gasteiger partial charge in [0.2, 0.25) is 0 Å². The lowest BCUT2D eigenvalue weighted by Crippen LogP contribution is -2.43. The van der Waals surface area contributed by atoms with Gasteiger partial charge in [0.05, 0.1) is 4.90 Å². The van der Waals surface area contributed by atoms with Crippen LogP contribution in [0.5, 0.6) is 0 Å². The Morgan fingerprint density at radius 3 is 2.32 bits per heavy atom. The summed E-state index contributed by atoms with van der Waals surface area (Å²) in [6.45, 7) is 0.389. The third-order valence-corrected chi connectivity index (χ3v) is 8.72. The highest BCUT2D eigenvalue weighted by molar-refractivity contribution is 7.92. The van der Waals surface area contributed by atoms with Crippen molar-refractivity contribution in [3.05, 3.63) is 64.7 Å². The van der Waals surface area contributed by atoms with Crippen LogP contribution in [-0.2, 0) is 14.6 Å². The number of nitrogens with zero attached hydrogens (tertiary/aromatic N) is 1. The first-order valence-corrected chi connectivity index (χ1v) is 11.8. The molecule has 0 heterocycles. The minimum absolute atomic E-state index is 0.0138. The maximum Gasteiger partial charge on any atom is 0.316 e. The molecule has 1 fully saturated rings. The molecule has 0 bridgehead atoms. The molecule has 0 aromatic heterocycles. The summed E-state index contributed by atoms with van der Waals surface area (Å²) < 4.78 is 54.8. The van der Waals surface area contributed by atoms with Crippen LogP contribution < -0.4 is 5.32 Å². The molecular weight excluding hydrogens is 446 g/mol. The average Bonchev–Trinajstić information content (AvgIpc) is 2.74. The van der Waals surface area contributed by atoms with E-state index in [1.54, 1.807) is 14.1 Å². The van der Waals surface area contributed by atoms with Crippen molar-refractivity contribution in [2.45, 2.75) is 35.3 Å². The molecular formula is C22H25ClF2N2O3S. The lowest BCUT2D eigenvalue weighted by molar-refractivity contribution is 0.210. The maximum absolute atomic E-state index is 14.8. The van der Waals surface area contributed by atoms with Crippen molar-refractivity contribution in [2.75, 3.05) is 20.6 Å². The van der Waals surface area contributed by atoms with Gasteiger partial charge in [-0.3, -0.25) is 0 Å². The van der Waals surface area contributed by atoms with Crippen LogP contribution >= 0.6 is 11.6 Å². The summed E-state index contributed by atoms with van der Waals surface area (Å²) in [5, 5.41) is 3.18. The molecule has 1 aliphatic rings. The first-order chi connectivity index (χ1) is 14.6. The predicted octanol–water partition coefficient (Wildman–Crippen LogP) is 4.75. The number of hydrogen-bond donors (Lipinski definition) is 1. The van der Waals surface area contributed by atoms with Crippen LogP contribution in [-0.4, -0.2) is 40.0 Å². The van der Waals surface area contributed by atoms with Crippen molar-refractivity contribution in [1.29, 1.82) is 0 Å². The van der Waals surface area contributed by atoms with Crippen molar-refractivity contribution >= 4 is 27.5 Å². The standard InChI is InChI=1S/C22H25ClF2N2O3S/c1-27(2)21(28)26-14-15-9-11-22(12-10-15,19-13-17(24)5-8-20(19)25)31(29,30)18-6-3-16(23)4-7-18/h3-8,13,15H,9-12,14H2,1-2H3,(H,26,28). The quantitative estimate of drug-likeness (QED) is 0.685. The fraction of sp³-hybridized carbons (Fsp3) is 0.409. The highest BCUT2D eigenvalue weighted by Crippen LogP contribution is 2.49. The smallest absolute Gasteiger partial charge is 0.316 e. The highest BCUT2D eigenvalue weighted by atomic mass is 35.5. The zero-order valence-electron chi connectivity index (χ0n) is 17.4. The summed E-state index contributed by atoms with van der Waals surface area (Å²) in [5.74, 6) is -1.41. The van der Waals surface area contributed by atoms with Crippen molar-refractivity contribution in [1.82, 2.24) is 10.2 Å². The fourth-order valence-electron chi connectivity index (χ4n) is 4.11. The maximum atomic E-state index is 14.8. The van der Waals surface area contributed by atoms with E-state index < -0.39 is 26.2 Å². The number of halogens is 3. The first-order valence-electron chi connectivity index (χ1n) is 9.98. The van der Waals surface area contributed by atoms with Crippen LogP contribution in [0.1, 0.15) is 31.2 Å². The number of rotatable bonds is 5. The molecule has 0 aliphatic heterocycles. The SMILES string of the molecule is CN(C)C(=O)NCC1CCC(c2cc(F)ccc2F)(S(=O)(=O)c2ccc(Cl)cc2)CC1. The number of carbonyl (C=O) groups excluding carboxylic acids is 1. The summed E-state index contributed by atoms with van der Waals surface area (Å²) >= 11 is 5.90. The van der Waals surface area contributed by atoms with Gasteiger partial charge in [0.25, 0.3) is 0 Å². The summed E-state index contributed by atoms with van der Waals surface area (Å²) in [6, 6.07) is 8.40. The Morgan fingerprint density at radius 1 is 1.13 bits per heavy atom. The average molecular weight is 471 g/mol. The second-order valence-electron chi connectivity index (χ2n) is 8.10. The second kappa shape index (κ2) is 9.12. The van der Waals surface area contributed by atoms with Crippen molar-refractivity contribution in [3.8, 4) is 0 Å². The Balaban J connectivity index is 1.97. The van der Waals surface area contributed by atoms with Gasteiger partial charge in [-0.1, -0.05) is 11.6 Å². The van der Waals surface area contributed by atoms with Gasteiger partial charge in [0.1, 0.15) is 16.4 Å². The normalized spacial score (nSPS) is 21.5. The number of amides is 2. The molecule has 3 rings (SSSR count). The number of carbonyl (C=O) groups is 1. The topological polar surface area (TPSA) is 66.5 Å². The molecule has 0 unspecified atom stereocenters. The van der Waals surface area contributed by atoms with Crippen molar-refractivity contribution in [3.63, 3.8) is 0 Å². The molecule has 0 saturated heterocycles. The molecule has 1 N–H and O–H groups in total. The Morgan fingerprint density at radius 2 is 1.74 bits per heavy atom. The van der Waals surface area contributed by atoms with Crippen LogP contribution in [0.2, 0.25) is 5.02 Å². The second-order valence-corrected chi connectivity index (χ2v) is 10.8. The summed E-state index contributed by atoms with van der Waals surface area (Å²) in [4.78, 5) is 13.2. The van der Waals surface area contributed by atoms with Crippen LogP contribution in [0.15, 0.2) is 47.4 Å². The van der Waals surface area contributed by atoms with Crippen LogP contribution in [0, 0.1) is 17.6 Å². The largest absolute Gasteiger partial charge is 0.338 e. The number of sulfone groups is 1. The van der Waals surface area contributed by atoms with Crippen molar-refractivity contribution < 1.29 is 22.0 Å². The third-order valence-electron chi connectivity index (χ3n) is 5.92. The van der Waals surface area contributed by atoms with E-state index in [4.69, 9.17) is 11.6 Å². The van der Waals surface area contributed by atoms with Gasteiger partial charge in [-0.05, 0) is 74.1 Å². The number of hydrogen-bond acceptors (Lipinski definition) is 3. The van der Waals surface area contributed by atoms with Gasteiger partial charge in [-0.15, -0.1) is 0 Å². The van der Waals surface area contributed by atoms with E-state index in [2.05, 4.69) is 5.32 Å². The minimum atomic E-state index is -4.06. The lowest BCUT2D eigenvalue weighted by atomic mass is 9.77. The van der Waals surface area contributed by atoms with Crippen LogP contribution in [0.4, 0.5) is 13.6 Å². The molecule has 2 aromatic rings. The third kappa shape index (κ3) is 4.70. The predicted molar refractivity (Wildman–Crippen MR) is 116 cm³/mol. The molecule has 2 aromatic carbocycles. The van der Waals surface area contributed by atoms with Gasteiger partial charge >= 0.3 is 6.03 Å². The molecule has 1 aliphatic carbocycles. The van der Waals surface area contributed by atoms with E-state index in [0.717, 1.165) is 18.2 Å². The van der Waals surface area contributed by atoms with E-state index in [1.165, 1.54) is 29.2 Å². The van der Waals surface area contributed by atoms with E-state index >= 15 is 0 Å². The molecule has 0 spiro atoms. The van der Waals surface area contributed by atoms with Gasteiger partial charge in [0, 0.05) is 31.2 Å². The Hall–Kier alpha value is -2.19. The van der Waals surface area contributed by atoms with E-state index in [9.17, 15) is 22.0 Å². The number of urea groups is 1. The molecule has 2 amide bonds. The first kappa shape index (κ1) is 23.5. The van der Waals surface area contributed by atoms with Gasteiger partial charge in [0.15, 0.2) is 9.84 Å². The molecule has 168 valence electrons. The van der Waals surface area contributed by atoms with Crippen LogP contribution in [0.25, 0.3) is 0 Å². The van der Waals surface area contributed by atoms with Gasteiger partial charge in [-0.25, -0.2) is 22.0 Å². The van der Waals surface area contributed by atoms with Gasteiger partial charge in [-0.2, -0.15) is 0 Å². The summed E-state index contributed by atoms with van der Waals surface area (Å²) in [6.07, 6.45) is 1.11. The molecule has 0 radical (unpaired) electrons. The highest BCUT2D eigenvalue weighted by Gasteiger charge is 2.50. The van der Waals surface area contributed by atoms with E-state index in [1.807, 2.05) is 0 Å². The Kier molecular flexibility index (Phi) is 6.91. The molecule has 31 heavy (non-hydrogen) atoms. The van der Waals surface area contributed by atoms with E-state index in [0.29, 0.717) is 24.4 Å². The fourth-order valence-corrected chi connectivity index (χ4v) is 6.40. The van der Waals surface area contributed by atoms with Gasteiger partial charge < -0.3 is 10.2 Å². The lowest BCUT2D eigenvalue weighted by Gasteiger charge is -2.40. The zero-order valence-corrected chi connectivity index (χ0v) is 18.9. The molecule has 5 nitrogen and oxygen atoms in total.